The molecule has 112 valence electrons. The summed E-state index contributed by atoms with van der Waals surface area (Å²) in [6.45, 7) is 2.87. The van der Waals surface area contributed by atoms with Crippen molar-refractivity contribution in [3.8, 4) is 5.75 Å². The molecule has 2 nitrogen and oxygen atoms in total. The van der Waals surface area contributed by atoms with E-state index >= 15 is 0 Å². The molecule has 0 amide bonds. The van der Waals surface area contributed by atoms with Gasteiger partial charge in [0.25, 0.3) is 0 Å². The number of rotatable bonds is 6. The van der Waals surface area contributed by atoms with Crippen LogP contribution in [0.15, 0.2) is 42.5 Å². The van der Waals surface area contributed by atoms with Gasteiger partial charge in [-0.15, -0.1) is 0 Å². The first-order valence-electron chi connectivity index (χ1n) is 7.18. The van der Waals surface area contributed by atoms with Crippen LogP contribution in [0.5, 0.6) is 5.75 Å². The van der Waals surface area contributed by atoms with Gasteiger partial charge in [-0.2, -0.15) is 0 Å². The average molecular weight is 287 g/mol. The fourth-order valence-corrected chi connectivity index (χ4v) is 2.53. The van der Waals surface area contributed by atoms with E-state index in [-0.39, 0.29) is 11.7 Å². The Hall–Kier alpha value is -1.87. The third-order valence-electron chi connectivity index (χ3n) is 3.73. The number of ether oxygens (including phenoxy) is 1. The summed E-state index contributed by atoms with van der Waals surface area (Å²) < 4.78 is 19.4. The minimum Gasteiger partial charge on any atom is -0.494 e. The lowest BCUT2D eigenvalue weighted by Crippen LogP contribution is -2.19. The molecule has 1 unspecified atom stereocenters. The number of likely N-dealkylation sites (N-methyl/N-ethyl adjacent to an activating group) is 1. The summed E-state index contributed by atoms with van der Waals surface area (Å²) in [5.74, 6) is 0.282. The molecule has 2 aromatic carbocycles. The van der Waals surface area contributed by atoms with Gasteiger partial charge in [0.05, 0.1) is 7.11 Å². The quantitative estimate of drug-likeness (QED) is 0.875. The second-order valence-corrected chi connectivity index (χ2v) is 5.30. The minimum atomic E-state index is -0.256. The lowest BCUT2D eigenvalue weighted by Gasteiger charge is -2.18. The molecular formula is C18H22FNO. The Kier molecular flexibility index (Phi) is 5.34. The predicted octanol–water partition coefficient (Wildman–Crippen LogP) is 3.69. The van der Waals surface area contributed by atoms with Crippen LogP contribution in [-0.4, -0.2) is 20.7 Å². The van der Waals surface area contributed by atoms with Crippen LogP contribution >= 0.6 is 0 Å². The number of hydrogen-bond donors (Lipinski definition) is 1. The van der Waals surface area contributed by atoms with Crippen molar-refractivity contribution in [1.82, 2.24) is 5.32 Å². The molecule has 0 saturated carbocycles. The van der Waals surface area contributed by atoms with Gasteiger partial charge in [0, 0.05) is 12.5 Å². The molecule has 0 fully saturated rings. The highest BCUT2D eigenvalue weighted by molar-refractivity contribution is 5.33. The van der Waals surface area contributed by atoms with Crippen LogP contribution < -0.4 is 10.1 Å². The van der Waals surface area contributed by atoms with Gasteiger partial charge < -0.3 is 10.1 Å². The molecule has 0 aliphatic heterocycles. The van der Waals surface area contributed by atoms with Gasteiger partial charge in [0.15, 0.2) is 11.6 Å². The van der Waals surface area contributed by atoms with Crippen LogP contribution in [0.4, 0.5) is 4.39 Å². The molecule has 2 aromatic rings. The maximum absolute atomic E-state index is 14.3. The number of halogens is 1. The van der Waals surface area contributed by atoms with Crippen molar-refractivity contribution in [2.24, 2.45) is 0 Å². The molecule has 21 heavy (non-hydrogen) atoms. The van der Waals surface area contributed by atoms with Gasteiger partial charge in [0.1, 0.15) is 0 Å². The zero-order valence-electron chi connectivity index (χ0n) is 12.8. The first kappa shape index (κ1) is 15.5. The van der Waals surface area contributed by atoms with Gasteiger partial charge in [-0.25, -0.2) is 4.39 Å². The summed E-state index contributed by atoms with van der Waals surface area (Å²) in [6, 6.07) is 13.8. The lowest BCUT2D eigenvalue weighted by atomic mass is 9.91. The van der Waals surface area contributed by atoms with E-state index < -0.39 is 0 Å². The Labute approximate surface area is 126 Å². The molecule has 3 heteroatoms. The Balaban J connectivity index is 2.26. The van der Waals surface area contributed by atoms with Crippen molar-refractivity contribution >= 4 is 0 Å². The maximum Gasteiger partial charge on any atom is 0.168 e. The minimum absolute atomic E-state index is 0.234. The van der Waals surface area contributed by atoms with Crippen molar-refractivity contribution in [3.63, 3.8) is 0 Å². The molecule has 0 saturated heterocycles. The molecule has 0 aromatic heterocycles. The molecule has 0 aliphatic rings. The van der Waals surface area contributed by atoms with Crippen LogP contribution in [0.25, 0.3) is 0 Å². The van der Waals surface area contributed by atoms with E-state index in [1.54, 1.807) is 6.07 Å². The SMILES string of the molecule is CNCC(Cc1cccc(OC)c1F)c1ccc(C)cc1. The Bertz CT molecular complexity index is 580. The van der Waals surface area contributed by atoms with Crippen LogP contribution in [0.2, 0.25) is 0 Å². The molecule has 0 bridgehead atoms. The second-order valence-electron chi connectivity index (χ2n) is 5.30. The van der Waals surface area contributed by atoms with Crippen molar-refractivity contribution in [2.75, 3.05) is 20.7 Å². The summed E-state index contributed by atoms with van der Waals surface area (Å²) >= 11 is 0. The smallest absolute Gasteiger partial charge is 0.168 e. The molecule has 0 heterocycles. The number of aryl methyl sites for hydroxylation is 1. The largest absolute Gasteiger partial charge is 0.494 e. The first-order chi connectivity index (χ1) is 10.2. The predicted molar refractivity (Wildman–Crippen MR) is 84.5 cm³/mol. The van der Waals surface area contributed by atoms with E-state index in [0.29, 0.717) is 17.7 Å². The van der Waals surface area contributed by atoms with Crippen LogP contribution in [-0.2, 0) is 6.42 Å². The van der Waals surface area contributed by atoms with E-state index in [1.807, 2.05) is 19.2 Å². The Morgan fingerprint density at radius 3 is 2.48 bits per heavy atom. The highest BCUT2D eigenvalue weighted by Crippen LogP contribution is 2.26. The fraction of sp³-hybridized carbons (Fsp3) is 0.333. The van der Waals surface area contributed by atoms with Gasteiger partial charge in [0.2, 0.25) is 0 Å². The van der Waals surface area contributed by atoms with Crippen LogP contribution in [0.1, 0.15) is 22.6 Å². The zero-order chi connectivity index (χ0) is 15.2. The molecular weight excluding hydrogens is 265 g/mol. The monoisotopic (exact) mass is 287 g/mol. The fourth-order valence-electron chi connectivity index (χ4n) is 2.53. The first-order valence-corrected chi connectivity index (χ1v) is 7.18. The Morgan fingerprint density at radius 1 is 1.14 bits per heavy atom. The third kappa shape index (κ3) is 3.82. The zero-order valence-corrected chi connectivity index (χ0v) is 12.8. The van der Waals surface area contributed by atoms with Crippen LogP contribution in [0, 0.1) is 12.7 Å². The van der Waals surface area contributed by atoms with Crippen molar-refractivity contribution < 1.29 is 9.13 Å². The number of hydrogen-bond acceptors (Lipinski definition) is 2. The van der Waals surface area contributed by atoms with Gasteiger partial charge in [-0.3, -0.25) is 0 Å². The van der Waals surface area contributed by atoms with Crippen molar-refractivity contribution in [2.45, 2.75) is 19.3 Å². The average Bonchev–Trinajstić information content (AvgIpc) is 2.49. The highest BCUT2D eigenvalue weighted by atomic mass is 19.1. The maximum atomic E-state index is 14.3. The Morgan fingerprint density at radius 2 is 1.86 bits per heavy atom. The van der Waals surface area contributed by atoms with Gasteiger partial charge >= 0.3 is 0 Å². The third-order valence-corrected chi connectivity index (χ3v) is 3.73. The van der Waals surface area contributed by atoms with E-state index in [9.17, 15) is 4.39 Å². The standard InChI is InChI=1S/C18H22FNO/c1-13-7-9-14(10-8-13)16(12-20-2)11-15-5-4-6-17(21-3)18(15)19/h4-10,16,20H,11-12H2,1-3H3. The van der Waals surface area contributed by atoms with E-state index in [1.165, 1.54) is 18.2 Å². The molecule has 1 N–H and O–H groups in total. The molecule has 2 rings (SSSR count). The highest BCUT2D eigenvalue weighted by Gasteiger charge is 2.16. The number of benzene rings is 2. The normalized spacial score (nSPS) is 12.2. The molecule has 0 spiro atoms. The van der Waals surface area contributed by atoms with E-state index in [2.05, 4.69) is 36.5 Å². The summed E-state index contributed by atoms with van der Waals surface area (Å²) in [5, 5.41) is 3.20. The van der Waals surface area contributed by atoms with Crippen LogP contribution in [0.3, 0.4) is 0 Å². The molecule has 0 radical (unpaired) electrons. The topological polar surface area (TPSA) is 21.3 Å². The van der Waals surface area contributed by atoms with Gasteiger partial charge in [-0.1, -0.05) is 42.0 Å². The lowest BCUT2D eigenvalue weighted by molar-refractivity contribution is 0.383. The summed E-state index contributed by atoms with van der Waals surface area (Å²) in [7, 11) is 3.41. The van der Waals surface area contributed by atoms with Crippen molar-refractivity contribution in [1.29, 1.82) is 0 Å². The summed E-state index contributed by atoms with van der Waals surface area (Å²) in [4.78, 5) is 0. The number of nitrogens with one attached hydrogen (secondary N) is 1. The second kappa shape index (κ2) is 7.23. The van der Waals surface area contributed by atoms with E-state index in [4.69, 9.17) is 4.74 Å². The molecule has 1 atom stereocenters. The summed E-state index contributed by atoms with van der Waals surface area (Å²) in [6.07, 6.45) is 0.646. The van der Waals surface area contributed by atoms with Gasteiger partial charge in [-0.05, 0) is 37.6 Å². The molecule has 0 aliphatic carbocycles. The van der Waals surface area contributed by atoms with E-state index in [0.717, 1.165) is 6.54 Å². The summed E-state index contributed by atoms with van der Waals surface area (Å²) in [5.41, 5.74) is 3.14. The number of methoxy groups -OCH3 is 1. The van der Waals surface area contributed by atoms with Crippen molar-refractivity contribution in [3.05, 3.63) is 65.0 Å².